The number of fused-ring (bicyclic) bond motifs is 1. The van der Waals surface area contributed by atoms with Crippen LogP contribution >= 0.6 is 11.3 Å². The minimum absolute atomic E-state index is 0.141. The second-order valence-electron chi connectivity index (χ2n) is 8.15. The van der Waals surface area contributed by atoms with Gasteiger partial charge in [0.1, 0.15) is 18.1 Å². The first-order chi connectivity index (χ1) is 17.1. The summed E-state index contributed by atoms with van der Waals surface area (Å²) in [6, 6.07) is 7.31. The summed E-state index contributed by atoms with van der Waals surface area (Å²) in [6.07, 6.45) is 3.37. The lowest BCUT2D eigenvalue weighted by Crippen LogP contribution is -2.43. The normalized spacial score (nSPS) is 15.3. The van der Waals surface area contributed by atoms with Gasteiger partial charge in [-0.15, -0.1) is 11.3 Å². The molecule has 5 rings (SSSR count). The van der Waals surface area contributed by atoms with Crippen molar-refractivity contribution < 1.29 is 19.1 Å². The number of thiazole rings is 1. The Morgan fingerprint density at radius 1 is 1.23 bits per heavy atom. The number of hydrogen-bond donors (Lipinski definition) is 2. The molecule has 0 unspecified atom stereocenters. The van der Waals surface area contributed by atoms with Gasteiger partial charge in [0.25, 0.3) is 11.8 Å². The van der Waals surface area contributed by atoms with Gasteiger partial charge >= 0.3 is 0 Å². The van der Waals surface area contributed by atoms with Gasteiger partial charge in [0, 0.05) is 50.4 Å². The number of pyridine rings is 1. The van der Waals surface area contributed by atoms with Gasteiger partial charge in [-0.25, -0.2) is 4.98 Å². The van der Waals surface area contributed by atoms with E-state index in [2.05, 4.69) is 25.5 Å². The maximum atomic E-state index is 13.0. The highest BCUT2D eigenvalue weighted by Crippen LogP contribution is 2.33. The molecule has 0 aliphatic carbocycles. The molecule has 2 aliphatic rings. The molecule has 2 N–H and O–H groups in total. The number of nitrogens with zero attached hydrogens (tertiary/aromatic N) is 4. The zero-order chi connectivity index (χ0) is 24.2. The zero-order valence-electron chi connectivity index (χ0n) is 19.3. The largest absolute Gasteiger partial charge is 0.491 e. The van der Waals surface area contributed by atoms with Gasteiger partial charge in [-0.05, 0) is 29.8 Å². The summed E-state index contributed by atoms with van der Waals surface area (Å²) in [5.41, 5.74) is 3.30. The van der Waals surface area contributed by atoms with Crippen LogP contribution in [0.15, 0.2) is 42.0 Å². The standard InChI is InChI=1S/C24H26N6O4S/c1-33-10-11-34-17-2-3-18-16(12-17)14-30(23(18)32)24-28-20(15-35-24)22(31)27-19-13-26-5-4-21(19)29-8-6-25-7-9-29/h2-5,12-13,15,25H,6-11,14H2,1H3,(H,27,31). The molecule has 1 saturated heterocycles. The number of aromatic nitrogens is 2. The van der Waals surface area contributed by atoms with Crippen LogP contribution in [0.25, 0.3) is 0 Å². The Labute approximate surface area is 206 Å². The van der Waals surface area contributed by atoms with E-state index >= 15 is 0 Å². The molecular weight excluding hydrogens is 468 g/mol. The van der Waals surface area contributed by atoms with E-state index in [1.807, 2.05) is 12.1 Å². The Bertz CT molecular complexity index is 1230. The number of carbonyl (C=O) groups is 2. The van der Waals surface area contributed by atoms with Crippen molar-refractivity contribution >= 4 is 39.7 Å². The Morgan fingerprint density at radius 2 is 2.09 bits per heavy atom. The monoisotopic (exact) mass is 494 g/mol. The lowest BCUT2D eigenvalue weighted by Gasteiger charge is -2.30. The van der Waals surface area contributed by atoms with Crippen molar-refractivity contribution in [2.75, 3.05) is 61.6 Å². The highest BCUT2D eigenvalue weighted by molar-refractivity contribution is 7.14. The van der Waals surface area contributed by atoms with Crippen LogP contribution in [0.5, 0.6) is 5.75 Å². The number of ether oxygens (including phenoxy) is 2. The highest BCUT2D eigenvalue weighted by atomic mass is 32.1. The van der Waals surface area contributed by atoms with Crippen molar-refractivity contribution in [3.8, 4) is 5.75 Å². The third kappa shape index (κ3) is 4.97. The number of carbonyl (C=O) groups excluding carboxylic acids is 2. The third-order valence-electron chi connectivity index (χ3n) is 5.90. The fourth-order valence-electron chi connectivity index (χ4n) is 4.13. The van der Waals surface area contributed by atoms with Crippen LogP contribution in [0.3, 0.4) is 0 Å². The summed E-state index contributed by atoms with van der Waals surface area (Å²) in [4.78, 5) is 38.4. The predicted octanol–water partition coefficient (Wildman–Crippen LogP) is 2.39. The topological polar surface area (TPSA) is 109 Å². The number of nitrogens with one attached hydrogen (secondary N) is 2. The first-order valence-corrected chi connectivity index (χ1v) is 12.2. The number of methoxy groups -OCH3 is 1. The average molecular weight is 495 g/mol. The van der Waals surface area contributed by atoms with Gasteiger partial charge in [-0.1, -0.05) is 0 Å². The van der Waals surface area contributed by atoms with Gasteiger partial charge < -0.3 is 25.0 Å². The number of piperazine rings is 1. The molecule has 3 aromatic rings. The summed E-state index contributed by atoms with van der Waals surface area (Å²) >= 11 is 1.26. The number of anilines is 3. The highest BCUT2D eigenvalue weighted by Gasteiger charge is 2.31. The molecule has 0 bridgehead atoms. The molecule has 182 valence electrons. The van der Waals surface area contributed by atoms with E-state index in [-0.39, 0.29) is 17.5 Å². The van der Waals surface area contributed by atoms with E-state index in [0.29, 0.717) is 41.9 Å². The summed E-state index contributed by atoms with van der Waals surface area (Å²) in [5, 5.41) is 8.41. The molecule has 0 radical (unpaired) electrons. The fraction of sp³-hybridized carbons (Fsp3) is 0.333. The molecule has 35 heavy (non-hydrogen) atoms. The number of hydrogen-bond acceptors (Lipinski definition) is 9. The Kier molecular flexibility index (Phi) is 6.89. The second-order valence-corrected chi connectivity index (χ2v) is 8.99. The molecule has 0 saturated carbocycles. The van der Waals surface area contributed by atoms with Crippen molar-refractivity contribution in [3.63, 3.8) is 0 Å². The van der Waals surface area contributed by atoms with E-state index in [0.717, 1.165) is 37.4 Å². The molecule has 10 nitrogen and oxygen atoms in total. The molecular formula is C24H26N6O4S. The molecule has 1 fully saturated rings. The van der Waals surface area contributed by atoms with Gasteiger partial charge in [0.05, 0.1) is 30.7 Å². The van der Waals surface area contributed by atoms with E-state index in [9.17, 15) is 9.59 Å². The van der Waals surface area contributed by atoms with Crippen LogP contribution in [0.1, 0.15) is 26.4 Å². The van der Waals surface area contributed by atoms with Crippen molar-refractivity contribution in [1.29, 1.82) is 0 Å². The van der Waals surface area contributed by atoms with Crippen molar-refractivity contribution in [1.82, 2.24) is 15.3 Å². The summed E-state index contributed by atoms with van der Waals surface area (Å²) < 4.78 is 10.7. The van der Waals surface area contributed by atoms with Gasteiger partial charge in [-0.3, -0.25) is 19.5 Å². The maximum absolute atomic E-state index is 13.0. The smallest absolute Gasteiger partial charge is 0.275 e. The van der Waals surface area contributed by atoms with Crippen molar-refractivity contribution in [2.24, 2.45) is 0 Å². The Morgan fingerprint density at radius 3 is 2.91 bits per heavy atom. The van der Waals surface area contributed by atoms with Crippen molar-refractivity contribution in [2.45, 2.75) is 6.54 Å². The quantitative estimate of drug-likeness (QED) is 0.460. The Hall–Kier alpha value is -3.54. The Balaban J connectivity index is 1.28. The second kappa shape index (κ2) is 10.4. The van der Waals surface area contributed by atoms with Crippen LogP contribution in [0.4, 0.5) is 16.5 Å². The zero-order valence-corrected chi connectivity index (χ0v) is 20.1. The summed E-state index contributed by atoms with van der Waals surface area (Å²) in [6.45, 7) is 4.78. The first kappa shape index (κ1) is 23.2. The molecule has 2 aromatic heterocycles. The summed E-state index contributed by atoms with van der Waals surface area (Å²) in [5.74, 6) is 0.208. The predicted molar refractivity (Wildman–Crippen MR) is 134 cm³/mol. The van der Waals surface area contributed by atoms with E-state index in [4.69, 9.17) is 9.47 Å². The van der Waals surface area contributed by atoms with Crippen molar-refractivity contribution in [3.05, 3.63) is 58.9 Å². The molecule has 2 aliphatic heterocycles. The molecule has 11 heteroatoms. The molecule has 0 spiro atoms. The lowest BCUT2D eigenvalue weighted by molar-refractivity contribution is 0.0991. The SMILES string of the molecule is COCCOc1ccc2c(c1)CN(c1nc(C(=O)Nc3cnccc3N3CCNCC3)cs1)C2=O. The maximum Gasteiger partial charge on any atom is 0.275 e. The van der Waals surface area contributed by atoms with Gasteiger partial charge in [0.15, 0.2) is 5.13 Å². The fourth-order valence-corrected chi connectivity index (χ4v) is 4.93. The van der Waals surface area contributed by atoms with E-state index < -0.39 is 0 Å². The van der Waals surface area contributed by atoms with E-state index in [1.54, 1.807) is 41.9 Å². The van der Waals surface area contributed by atoms with Gasteiger partial charge in [0.2, 0.25) is 0 Å². The first-order valence-electron chi connectivity index (χ1n) is 11.4. The van der Waals surface area contributed by atoms with Crippen LogP contribution in [-0.2, 0) is 11.3 Å². The van der Waals surface area contributed by atoms with Crippen LogP contribution in [-0.4, -0.2) is 68.3 Å². The summed E-state index contributed by atoms with van der Waals surface area (Å²) in [7, 11) is 1.62. The van der Waals surface area contributed by atoms with Gasteiger partial charge in [-0.2, -0.15) is 0 Å². The molecule has 1 aromatic carbocycles. The van der Waals surface area contributed by atoms with Crippen LogP contribution in [0.2, 0.25) is 0 Å². The minimum atomic E-state index is -0.338. The third-order valence-corrected chi connectivity index (χ3v) is 6.76. The lowest BCUT2D eigenvalue weighted by atomic mass is 10.1. The number of amides is 2. The molecule has 0 atom stereocenters. The molecule has 4 heterocycles. The number of rotatable bonds is 8. The minimum Gasteiger partial charge on any atom is -0.491 e. The van der Waals surface area contributed by atoms with Crippen LogP contribution in [0, 0.1) is 0 Å². The molecule has 2 amide bonds. The van der Waals surface area contributed by atoms with E-state index in [1.165, 1.54) is 11.3 Å². The van der Waals surface area contributed by atoms with Crippen LogP contribution < -0.4 is 25.2 Å². The average Bonchev–Trinajstić information content (AvgIpc) is 3.50. The number of benzene rings is 1.